The molecule has 4 nitrogen and oxygen atoms in total. The molecule has 0 heterocycles. The molecule has 0 radical (unpaired) electrons. The molecule has 2 atom stereocenters. The molecule has 0 rings (SSSR count). The van der Waals surface area contributed by atoms with Crippen LogP contribution in [0.15, 0.2) is 0 Å². The van der Waals surface area contributed by atoms with Gasteiger partial charge in [0.15, 0.2) is 0 Å². The van der Waals surface area contributed by atoms with Gasteiger partial charge >= 0.3 is 0 Å². The molecule has 2 N–H and O–H groups in total. The van der Waals surface area contributed by atoms with Crippen molar-refractivity contribution in [3.8, 4) is 0 Å². The van der Waals surface area contributed by atoms with Crippen molar-refractivity contribution in [1.82, 2.24) is 0 Å². The molecule has 0 spiro atoms. The van der Waals surface area contributed by atoms with Crippen LogP contribution in [-0.4, -0.2) is 29.4 Å². The highest BCUT2D eigenvalue weighted by molar-refractivity contribution is 7.86. The fourth-order valence-electron chi connectivity index (χ4n) is 2.77. The van der Waals surface area contributed by atoms with Gasteiger partial charge in [-0.15, -0.1) is 0 Å². The molecule has 0 bridgehead atoms. The van der Waals surface area contributed by atoms with Crippen LogP contribution >= 0.6 is 0 Å². The van der Waals surface area contributed by atoms with E-state index in [-0.39, 0.29) is 6.42 Å². The zero-order valence-corrected chi connectivity index (χ0v) is 15.3. The number of aliphatic hydroxyl groups is 1. The molecule has 134 valence electrons. The van der Waals surface area contributed by atoms with E-state index < -0.39 is 21.5 Å². The number of hydrogen-bond acceptors (Lipinski definition) is 3. The van der Waals surface area contributed by atoms with Crippen LogP contribution in [0, 0.1) is 0 Å². The highest BCUT2D eigenvalue weighted by Gasteiger charge is 2.25. The average molecular weight is 337 g/mol. The normalized spacial score (nSPS) is 14.9. The maximum absolute atomic E-state index is 11.4. The predicted octanol–water partition coefficient (Wildman–Crippen LogP) is 4.71. The molecular weight excluding hydrogens is 300 g/mol. The predicted molar refractivity (Wildman–Crippen MR) is 92.7 cm³/mol. The van der Waals surface area contributed by atoms with Crippen LogP contribution in [0.5, 0.6) is 0 Å². The first-order valence-electron chi connectivity index (χ1n) is 9.06. The Kier molecular flexibility index (Phi) is 13.2. The Morgan fingerprint density at radius 1 is 0.773 bits per heavy atom. The second-order valence-corrected chi connectivity index (χ2v) is 8.13. The van der Waals surface area contributed by atoms with Gasteiger partial charge in [-0.2, -0.15) is 8.42 Å². The molecule has 0 aliphatic carbocycles. The average Bonchev–Trinajstić information content (AvgIpc) is 2.44. The molecule has 0 amide bonds. The smallest absolute Gasteiger partial charge is 0.267 e. The Bertz CT molecular complexity index is 341. The van der Waals surface area contributed by atoms with Crippen molar-refractivity contribution >= 4 is 10.1 Å². The Morgan fingerprint density at radius 3 is 1.68 bits per heavy atom. The first kappa shape index (κ1) is 21.9. The first-order valence-corrected chi connectivity index (χ1v) is 10.6. The van der Waals surface area contributed by atoms with E-state index in [9.17, 15) is 18.1 Å². The monoisotopic (exact) mass is 336 g/mol. The van der Waals surface area contributed by atoms with E-state index in [0.717, 1.165) is 44.9 Å². The number of hydrogen-bond donors (Lipinski definition) is 2. The maximum Gasteiger partial charge on any atom is 0.267 e. The van der Waals surface area contributed by atoms with Gasteiger partial charge in [0, 0.05) is 0 Å². The summed E-state index contributed by atoms with van der Waals surface area (Å²) in [5, 5.41) is 9.20. The van der Waals surface area contributed by atoms with Crippen molar-refractivity contribution in [1.29, 1.82) is 0 Å². The van der Waals surface area contributed by atoms with E-state index in [2.05, 4.69) is 13.8 Å². The highest BCUT2D eigenvalue weighted by Crippen LogP contribution is 2.19. The standard InChI is InChI=1S/C17H36O4S/c1-3-5-7-9-11-13-16(18)15-17(22(19,20)21)14-12-10-8-6-4-2/h16-18H,3-15H2,1-2H3,(H,19,20,21). The summed E-state index contributed by atoms with van der Waals surface area (Å²) in [5.41, 5.74) is 0. The Hall–Kier alpha value is -0.130. The van der Waals surface area contributed by atoms with Gasteiger partial charge in [-0.3, -0.25) is 4.55 Å². The van der Waals surface area contributed by atoms with Crippen LogP contribution in [0.25, 0.3) is 0 Å². The molecular formula is C17H36O4S. The van der Waals surface area contributed by atoms with Crippen molar-refractivity contribution < 1.29 is 18.1 Å². The number of aliphatic hydroxyl groups excluding tert-OH is 1. The van der Waals surface area contributed by atoms with Gasteiger partial charge in [0.25, 0.3) is 10.1 Å². The lowest BCUT2D eigenvalue weighted by atomic mass is 10.0. The van der Waals surface area contributed by atoms with Gasteiger partial charge in [-0.1, -0.05) is 78.1 Å². The largest absolute Gasteiger partial charge is 0.393 e. The number of unbranched alkanes of at least 4 members (excludes halogenated alkanes) is 8. The van der Waals surface area contributed by atoms with Gasteiger partial charge < -0.3 is 5.11 Å². The third-order valence-electron chi connectivity index (χ3n) is 4.23. The van der Waals surface area contributed by atoms with Gasteiger partial charge in [0.2, 0.25) is 0 Å². The molecule has 0 fully saturated rings. The summed E-state index contributed by atoms with van der Waals surface area (Å²) >= 11 is 0. The third kappa shape index (κ3) is 12.4. The van der Waals surface area contributed by atoms with Crippen molar-refractivity contribution in [2.24, 2.45) is 0 Å². The summed E-state index contributed by atoms with van der Waals surface area (Å²) in [5.74, 6) is 0. The van der Waals surface area contributed by atoms with Gasteiger partial charge in [-0.05, 0) is 19.3 Å². The molecule has 22 heavy (non-hydrogen) atoms. The van der Waals surface area contributed by atoms with E-state index in [1.54, 1.807) is 0 Å². The summed E-state index contributed by atoms with van der Waals surface area (Å²) in [7, 11) is -4.05. The lowest BCUT2D eigenvalue weighted by molar-refractivity contribution is 0.146. The van der Waals surface area contributed by atoms with Crippen LogP contribution in [0.2, 0.25) is 0 Å². The summed E-state index contributed by atoms with van der Waals surface area (Å²) in [4.78, 5) is 0. The zero-order valence-electron chi connectivity index (χ0n) is 14.5. The minimum atomic E-state index is -4.05. The molecule has 0 aromatic heterocycles. The van der Waals surface area contributed by atoms with E-state index >= 15 is 0 Å². The van der Waals surface area contributed by atoms with Gasteiger partial charge in [0.05, 0.1) is 11.4 Å². The minimum absolute atomic E-state index is 0.167. The highest BCUT2D eigenvalue weighted by atomic mass is 32.2. The molecule has 2 unspecified atom stereocenters. The van der Waals surface area contributed by atoms with Crippen LogP contribution in [-0.2, 0) is 10.1 Å². The molecule has 0 aromatic rings. The minimum Gasteiger partial charge on any atom is -0.393 e. The van der Waals surface area contributed by atoms with Crippen LogP contribution in [0.3, 0.4) is 0 Å². The maximum atomic E-state index is 11.4. The van der Waals surface area contributed by atoms with Crippen LogP contribution < -0.4 is 0 Å². The number of rotatable bonds is 15. The van der Waals surface area contributed by atoms with E-state index in [4.69, 9.17) is 0 Å². The van der Waals surface area contributed by atoms with Crippen LogP contribution in [0.1, 0.15) is 97.3 Å². The van der Waals surface area contributed by atoms with Gasteiger partial charge in [0.1, 0.15) is 0 Å². The fourth-order valence-corrected chi connectivity index (χ4v) is 3.70. The molecule has 0 aliphatic rings. The van der Waals surface area contributed by atoms with Crippen LogP contribution in [0.4, 0.5) is 0 Å². The molecule has 0 aromatic carbocycles. The quantitative estimate of drug-likeness (QED) is 0.335. The van der Waals surface area contributed by atoms with Crippen molar-refractivity contribution in [2.75, 3.05) is 0 Å². The third-order valence-corrected chi connectivity index (χ3v) is 5.50. The molecule has 5 heteroatoms. The lowest BCUT2D eigenvalue weighted by Gasteiger charge is -2.18. The Labute approximate surface area is 137 Å². The summed E-state index contributed by atoms with van der Waals surface area (Å²) in [6.07, 6.45) is 11.4. The fraction of sp³-hybridized carbons (Fsp3) is 1.00. The Balaban J connectivity index is 4.02. The first-order chi connectivity index (χ1) is 10.4. The van der Waals surface area contributed by atoms with Gasteiger partial charge in [-0.25, -0.2) is 0 Å². The van der Waals surface area contributed by atoms with Crippen molar-refractivity contribution in [3.05, 3.63) is 0 Å². The lowest BCUT2D eigenvalue weighted by Crippen LogP contribution is -2.26. The molecule has 0 saturated carbocycles. The molecule has 0 saturated heterocycles. The van der Waals surface area contributed by atoms with Crippen molar-refractivity contribution in [3.63, 3.8) is 0 Å². The summed E-state index contributed by atoms with van der Waals surface area (Å²) in [6, 6.07) is 0. The SMILES string of the molecule is CCCCCCCC(O)CC(CCCCCCC)S(=O)(=O)O. The molecule has 0 aliphatic heterocycles. The topological polar surface area (TPSA) is 74.6 Å². The van der Waals surface area contributed by atoms with E-state index in [1.165, 1.54) is 19.3 Å². The van der Waals surface area contributed by atoms with E-state index in [0.29, 0.717) is 12.8 Å². The zero-order chi connectivity index (χ0) is 16.8. The summed E-state index contributed by atoms with van der Waals surface area (Å²) < 4.78 is 32.2. The van der Waals surface area contributed by atoms with E-state index in [1.807, 2.05) is 0 Å². The second kappa shape index (κ2) is 13.3. The Morgan fingerprint density at radius 2 is 1.23 bits per heavy atom. The van der Waals surface area contributed by atoms with Crippen molar-refractivity contribution in [2.45, 2.75) is 109 Å². The second-order valence-electron chi connectivity index (χ2n) is 6.43. The summed E-state index contributed by atoms with van der Waals surface area (Å²) in [6.45, 7) is 4.30.